The fourth-order valence-electron chi connectivity index (χ4n) is 2.46. The molecular weight excluding hydrogens is 415 g/mol. The molecular formula is C22H24F3NO5. The largest absolute Gasteiger partial charge is 0.486 e. The van der Waals surface area contributed by atoms with Crippen molar-refractivity contribution in [3.63, 3.8) is 0 Å². The van der Waals surface area contributed by atoms with Gasteiger partial charge in [-0.25, -0.2) is 9.59 Å². The van der Waals surface area contributed by atoms with Crippen molar-refractivity contribution in [3.8, 4) is 5.75 Å². The first kappa shape index (κ1) is 25.7. The molecule has 0 unspecified atom stereocenters. The summed E-state index contributed by atoms with van der Waals surface area (Å²) in [4.78, 5) is 19.1. The summed E-state index contributed by atoms with van der Waals surface area (Å²) in [6.07, 6.45) is -0.860. The topological polar surface area (TPSA) is 110 Å². The van der Waals surface area contributed by atoms with Gasteiger partial charge in [0, 0.05) is 12.2 Å². The van der Waals surface area contributed by atoms with Gasteiger partial charge in [0.2, 0.25) is 0 Å². The van der Waals surface area contributed by atoms with Gasteiger partial charge in [0.05, 0.1) is 5.56 Å². The molecule has 0 spiro atoms. The molecule has 0 heterocycles. The zero-order chi connectivity index (χ0) is 23.3. The highest BCUT2D eigenvalue weighted by atomic mass is 19.4. The Kier molecular flexibility index (Phi) is 10.8. The number of benzene rings is 2. The summed E-state index contributed by atoms with van der Waals surface area (Å²) in [5.41, 5.74) is 5.84. The number of carboxylic acid groups (broad SMARTS) is 2. The average Bonchev–Trinajstić information content (AvgIpc) is 2.72. The molecule has 0 bridgehead atoms. The van der Waals surface area contributed by atoms with E-state index in [1.807, 2.05) is 30.3 Å². The molecule has 0 fully saturated rings. The Bertz CT molecular complexity index is 820. The molecule has 2 aromatic rings. The van der Waals surface area contributed by atoms with Crippen LogP contribution in [0.3, 0.4) is 0 Å². The van der Waals surface area contributed by atoms with Crippen molar-refractivity contribution in [1.29, 1.82) is 0 Å². The van der Waals surface area contributed by atoms with Crippen LogP contribution in [0.1, 0.15) is 36.5 Å². The summed E-state index contributed by atoms with van der Waals surface area (Å²) < 4.78 is 43.7. The Morgan fingerprint density at radius 2 is 1.48 bits per heavy atom. The molecule has 0 aliphatic rings. The Balaban J connectivity index is 0.000000512. The van der Waals surface area contributed by atoms with Gasteiger partial charge < -0.3 is 20.7 Å². The maximum Gasteiger partial charge on any atom is 0.416 e. The van der Waals surface area contributed by atoms with Crippen molar-refractivity contribution in [1.82, 2.24) is 0 Å². The van der Waals surface area contributed by atoms with Crippen LogP contribution in [0.5, 0.6) is 5.75 Å². The highest BCUT2D eigenvalue weighted by Gasteiger charge is 2.30. The predicted octanol–water partition coefficient (Wildman–Crippen LogP) is 4.67. The summed E-state index contributed by atoms with van der Waals surface area (Å²) in [6, 6.07) is 14.5. The third-order valence-electron chi connectivity index (χ3n) is 3.92. The molecule has 6 nitrogen and oxygen atoms in total. The molecule has 0 aliphatic carbocycles. The number of carbonyl (C=O) groups is 2. The molecule has 0 saturated carbocycles. The van der Waals surface area contributed by atoms with E-state index in [0.29, 0.717) is 24.4 Å². The summed E-state index contributed by atoms with van der Waals surface area (Å²) in [7, 11) is 0. The number of carboxylic acids is 2. The molecule has 0 radical (unpaired) electrons. The van der Waals surface area contributed by atoms with Crippen molar-refractivity contribution in [2.24, 2.45) is 5.73 Å². The molecule has 1 atom stereocenters. The summed E-state index contributed by atoms with van der Waals surface area (Å²) in [5, 5.41) is 15.6. The molecule has 0 amide bonds. The molecule has 0 aliphatic heterocycles. The Morgan fingerprint density at radius 1 is 0.935 bits per heavy atom. The third kappa shape index (κ3) is 10.9. The molecule has 31 heavy (non-hydrogen) atoms. The lowest BCUT2D eigenvalue weighted by atomic mass is 10.0. The van der Waals surface area contributed by atoms with E-state index in [-0.39, 0.29) is 6.10 Å². The van der Waals surface area contributed by atoms with Crippen LogP contribution in [0.15, 0.2) is 66.7 Å². The van der Waals surface area contributed by atoms with Crippen LogP contribution >= 0.6 is 0 Å². The second-order valence-corrected chi connectivity index (χ2v) is 6.33. The van der Waals surface area contributed by atoms with Crippen LogP contribution < -0.4 is 10.5 Å². The molecule has 9 heteroatoms. The van der Waals surface area contributed by atoms with Crippen molar-refractivity contribution in [2.45, 2.75) is 31.5 Å². The summed E-state index contributed by atoms with van der Waals surface area (Å²) >= 11 is 0. The van der Waals surface area contributed by atoms with Crippen molar-refractivity contribution >= 4 is 11.9 Å². The Morgan fingerprint density at radius 3 is 1.94 bits per heavy atom. The van der Waals surface area contributed by atoms with Gasteiger partial charge in [-0.1, -0.05) is 30.3 Å². The van der Waals surface area contributed by atoms with Gasteiger partial charge in [-0.05, 0) is 55.6 Å². The zero-order valence-electron chi connectivity index (χ0n) is 16.6. The Labute approximate surface area is 177 Å². The van der Waals surface area contributed by atoms with E-state index in [2.05, 4.69) is 0 Å². The lowest BCUT2D eigenvalue weighted by Gasteiger charge is -2.20. The van der Waals surface area contributed by atoms with Gasteiger partial charge >= 0.3 is 18.1 Å². The van der Waals surface area contributed by atoms with E-state index in [0.717, 1.165) is 37.0 Å². The van der Waals surface area contributed by atoms with E-state index in [1.54, 1.807) is 0 Å². The molecule has 0 saturated heterocycles. The normalized spacial score (nSPS) is 12.0. The van der Waals surface area contributed by atoms with Gasteiger partial charge in [-0.15, -0.1) is 0 Å². The monoisotopic (exact) mass is 439 g/mol. The van der Waals surface area contributed by atoms with Gasteiger partial charge in [0.1, 0.15) is 11.9 Å². The number of rotatable bonds is 9. The minimum Gasteiger partial charge on any atom is -0.486 e. The quantitative estimate of drug-likeness (QED) is 0.387. The second kappa shape index (κ2) is 13.1. The number of halogens is 3. The standard InChI is InChI=1S/C18H20F3NO.C4H4O4/c19-18(20,21)15-9-11-16(12-10-15)23-17(8-4-5-13-22)14-6-2-1-3-7-14;5-3(6)1-2-4(7)8/h1-3,6-7,9-12,17H,4-5,8,13,22H2;1-2H,(H,5,6)(H,7,8)/b;2-1+/t17-;/m1./s1. The van der Waals surface area contributed by atoms with E-state index in [9.17, 15) is 22.8 Å². The number of nitrogens with two attached hydrogens (primary N) is 1. The van der Waals surface area contributed by atoms with E-state index in [1.165, 1.54) is 12.1 Å². The van der Waals surface area contributed by atoms with Crippen LogP contribution in [0.2, 0.25) is 0 Å². The minimum atomic E-state index is -4.33. The first-order chi connectivity index (χ1) is 14.6. The van der Waals surface area contributed by atoms with Crippen LogP contribution in [-0.2, 0) is 15.8 Å². The summed E-state index contributed by atoms with van der Waals surface area (Å²) in [5.74, 6) is -2.08. The molecule has 0 aromatic heterocycles. The third-order valence-corrected chi connectivity index (χ3v) is 3.92. The second-order valence-electron chi connectivity index (χ2n) is 6.33. The van der Waals surface area contributed by atoms with E-state index in [4.69, 9.17) is 20.7 Å². The van der Waals surface area contributed by atoms with Crippen molar-refractivity contribution in [3.05, 3.63) is 77.9 Å². The zero-order valence-corrected chi connectivity index (χ0v) is 16.6. The molecule has 4 N–H and O–H groups in total. The minimum absolute atomic E-state index is 0.195. The maximum absolute atomic E-state index is 12.6. The average molecular weight is 439 g/mol. The number of hydrogen-bond donors (Lipinski definition) is 3. The highest BCUT2D eigenvalue weighted by molar-refractivity contribution is 5.89. The lowest BCUT2D eigenvalue weighted by molar-refractivity contribution is -0.137. The van der Waals surface area contributed by atoms with Crippen LogP contribution in [-0.4, -0.2) is 28.7 Å². The number of hydrogen-bond acceptors (Lipinski definition) is 4. The van der Waals surface area contributed by atoms with Gasteiger partial charge in [0.25, 0.3) is 0 Å². The van der Waals surface area contributed by atoms with Crippen LogP contribution in [0.4, 0.5) is 13.2 Å². The number of aliphatic carboxylic acids is 2. The number of unbranched alkanes of at least 4 members (excludes halogenated alkanes) is 1. The van der Waals surface area contributed by atoms with E-state index >= 15 is 0 Å². The Hall–Kier alpha value is -3.33. The lowest BCUT2D eigenvalue weighted by Crippen LogP contribution is -2.09. The van der Waals surface area contributed by atoms with Gasteiger partial charge in [0.15, 0.2) is 0 Å². The summed E-state index contributed by atoms with van der Waals surface area (Å²) in [6.45, 7) is 0.613. The molecule has 2 aromatic carbocycles. The predicted molar refractivity (Wildman–Crippen MR) is 109 cm³/mol. The van der Waals surface area contributed by atoms with Gasteiger partial charge in [-0.3, -0.25) is 0 Å². The highest BCUT2D eigenvalue weighted by Crippen LogP contribution is 2.32. The van der Waals surface area contributed by atoms with Crippen molar-refractivity contribution in [2.75, 3.05) is 6.54 Å². The van der Waals surface area contributed by atoms with Crippen molar-refractivity contribution < 1.29 is 37.7 Å². The van der Waals surface area contributed by atoms with Crippen LogP contribution in [0, 0.1) is 0 Å². The van der Waals surface area contributed by atoms with Gasteiger partial charge in [-0.2, -0.15) is 13.2 Å². The van der Waals surface area contributed by atoms with Crippen LogP contribution in [0.25, 0.3) is 0 Å². The fourth-order valence-corrected chi connectivity index (χ4v) is 2.46. The molecule has 168 valence electrons. The van der Waals surface area contributed by atoms with E-state index < -0.39 is 23.7 Å². The fraction of sp³-hybridized carbons (Fsp3) is 0.273. The maximum atomic E-state index is 12.6. The first-order valence-electron chi connectivity index (χ1n) is 9.36. The SMILES string of the molecule is NCCCC[C@@H](Oc1ccc(C(F)(F)F)cc1)c1ccccc1.O=C(O)/C=C/C(=O)O. The number of ether oxygens (including phenoxy) is 1. The molecule has 2 rings (SSSR count). The smallest absolute Gasteiger partial charge is 0.416 e. The first-order valence-corrected chi connectivity index (χ1v) is 9.36. The number of alkyl halides is 3.